The van der Waals surface area contributed by atoms with E-state index in [1.165, 1.54) is 0 Å². The van der Waals surface area contributed by atoms with Gasteiger partial charge in [0.05, 0.1) is 6.61 Å². The van der Waals surface area contributed by atoms with Gasteiger partial charge in [-0.15, -0.1) is 0 Å². The molecular weight excluding hydrogens is 180 g/mol. The smallest absolute Gasteiger partial charge is 0.358 e. The summed E-state index contributed by atoms with van der Waals surface area (Å²) in [7, 11) is 0. The summed E-state index contributed by atoms with van der Waals surface area (Å²) in [6.07, 6.45) is 4.65. The highest BCUT2D eigenvalue weighted by Gasteiger charge is 2.11. The van der Waals surface area contributed by atoms with E-state index in [4.69, 9.17) is 4.74 Å². The molecule has 0 aromatic carbocycles. The summed E-state index contributed by atoms with van der Waals surface area (Å²) < 4.78 is 6.41. The molecule has 74 valence electrons. The summed E-state index contributed by atoms with van der Waals surface area (Å²) in [5.41, 5.74) is 0.265. The number of hydrogen-bond acceptors (Lipinski definition) is 3. The van der Waals surface area contributed by atoms with Crippen LogP contribution in [0.4, 0.5) is 0 Å². The monoisotopic (exact) mass is 192 g/mol. The van der Waals surface area contributed by atoms with Crippen LogP contribution in [-0.4, -0.2) is 22.1 Å². The Morgan fingerprint density at radius 3 is 2.86 bits per heavy atom. The van der Waals surface area contributed by atoms with E-state index >= 15 is 0 Å². The summed E-state index contributed by atoms with van der Waals surface area (Å²) in [6, 6.07) is 0. The molecule has 4 nitrogen and oxygen atoms in total. The number of ether oxygens (including phenoxy) is 1. The molecule has 1 aromatic heterocycles. The molecule has 0 unspecified atom stereocenters. The highest BCUT2D eigenvalue weighted by atomic mass is 16.5. The molecule has 1 rings (SSSR count). The zero-order chi connectivity index (χ0) is 10.6. The van der Waals surface area contributed by atoms with Crippen molar-refractivity contribution in [2.75, 3.05) is 6.61 Å². The standard InChI is InChI=1S/C10H12N2O2/c1-4-9-11-8(7-12(9)5-2)10(13)14-6-3/h4-5,7H,1-2,6H2,3H3. The molecule has 0 radical (unpaired) electrons. The van der Waals surface area contributed by atoms with Crippen molar-refractivity contribution >= 4 is 18.2 Å². The molecule has 0 bridgehead atoms. The lowest BCUT2D eigenvalue weighted by Crippen LogP contribution is -2.04. The van der Waals surface area contributed by atoms with Crippen molar-refractivity contribution in [1.82, 2.24) is 9.55 Å². The van der Waals surface area contributed by atoms with Crippen molar-refractivity contribution < 1.29 is 9.53 Å². The Hall–Kier alpha value is -1.84. The van der Waals surface area contributed by atoms with Gasteiger partial charge in [0.1, 0.15) is 5.82 Å². The highest BCUT2D eigenvalue weighted by molar-refractivity contribution is 5.87. The van der Waals surface area contributed by atoms with E-state index < -0.39 is 5.97 Å². The quantitative estimate of drug-likeness (QED) is 0.683. The predicted molar refractivity (Wildman–Crippen MR) is 54.7 cm³/mol. The molecule has 0 saturated heterocycles. The Bertz CT molecular complexity index is 341. The first kappa shape index (κ1) is 10.2. The van der Waals surface area contributed by atoms with Gasteiger partial charge in [0.2, 0.25) is 0 Å². The molecule has 4 heteroatoms. The zero-order valence-electron chi connectivity index (χ0n) is 8.06. The van der Waals surface area contributed by atoms with Crippen LogP contribution < -0.4 is 0 Å². The largest absolute Gasteiger partial charge is 0.461 e. The van der Waals surface area contributed by atoms with E-state index in [0.29, 0.717) is 12.4 Å². The Labute approximate surface area is 82.5 Å². The number of rotatable bonds is 4. The Morgan fingerprint density at radius 1 is 1.71 bits per heavy atom. The van der Waals surface area contributed by atoms with Gasteiger partial charge in [0, 0.05) is 12.4 Å². The second-order valence-corrected chi connectivity index (χ2v) is 2.50. The van der Waals surface area contributed by atoms with Gasteiger partial charge in [-0.2, -0.15) is 0 Å². The lowest BCUT2D eigenvalue weighted by Gasteiger charge is -1.95. The van der Waals surface area contributed by atoms with Gasteiger partial charge in [0.25, 0.3) is 0 Å². The summed E-state index contributed by atoms with van der Waals surface area (Å²) in [6.45, 7) is 9.24. The van der Waals surface area contributed by atoms with Crippen LogP contribution in [0.3, 0.4) is 0 Å². The summed E-state index contributed by atoms with van der Waals surface area (Å²) >= 11 is 0. The van der Waals surface area contributed by atoms with Crippen molar-refractivity contribution in [3.05, 3.63) is 30.9 Å². The predicted octanol–water partition coefficient (Wildman–Crippen LogP) is 1.80. The minimum atomic E-state index is -0.434. The molecule has 1 aromatic rings. The molecule has 0 spiro atoms. The van der Waals surface area contributed by atoms with Gasteiger partial charge < -0.3 is 9.30 Å². The van der Waals surface area contributed by atoms with Crippen LogP contribution in [0.5, 0.6) is 0 Å². The lowest BCUT2D eigenvalue weighted by atomic mass is 10.5. The average molecular weight is 192 g/mol. The first-order chi connectivity index (χ1) is 6.72. The zero-order valence-corrected chi connectivity index (χ0v) is 8.06. The van der Waals surface area contributed by atoms with Crippen LogP contribution in [0.25, 0.3) is 12.3 Å². The SMILES string of the molecule is C=Cc1nc(C(=O)OCC)cn1C=C. The van der Waals surface area contributed by atoms with Crippen LogP contribution in [0.15, 0.2) is 19.4 Å². The lowest BCUT2D eigenvalue weighted by molar-refractivity contribution is 0.0520. The fraction of sp³-hybridized carbons (Fsp3) is 0.200. The van der Waals surface area contributed by atoms with E-state index in [9.17, 15) is 4.79 Å². The first-order valence-electron chi connectivity index (χ1n) is 4.24. The maximum atomic E-state index is 11.3. The topological polar surface area (TPSA) is 44.1 Å². The van der Waals surface area contributed by atoms with E-state index in [1.807, 2.05) is 0 Å². The number of carbonyl (C=O) groups excluding carboxylic acids is 1. The van der Waals surface area contributed by atoms with Crippen LogP contribution in [0.1, 0.15) is 23.2 Å². The average Bonchev–Trinajstić information content (AvgIpc) is 2.61. The Morgan fingerprint density at radius 2 is 2.43 bits per heavy atom. The van der Waals surface area contributed by atoms with E-state index in [-0.39, 0.29) is 5.69 Å². The molecule has 0 fully saturated rings. The molecule has 0 amide bonds. The maximum Gasteiger partial charge on any atom is 0.358 e. The minimum absolute atomic E-state index is 0.265. The molecule has 1 heterocycles. The summed E-state index contributed by atoms with van der Waals surface area (Å²) in [5.74, 6) is 0.138. The van der Waals surface area contributed by atoms with Crippen molar-refractivity contribution in [3.8, 4) is 0 Å². The Kier molecular flexibility index (Phi) is 3.23. The number of aromatic nitrogens is 2. The second kappa shape index (κ2) is 4.41. The van der Waals surface area contributed by atoms with E-state index in [1.54, 1.807) is 30.0 Å². The van der Waals surface area contributed by atoms with Gasteiger partial charge in [-0.3, -0.25) is 0 Å². The molecular formula is C10H12N2O2. The number of esters is 1. The Balaban J connectivity index is 3.00. The fourth-order valence-electron chi connectivity index (χ4n) is 1.01. The summed E-state index contributed by atoms with van der Waals surface area (Å²) in [5, 5.41) is 0. The third-order valence-electron chi connectivity index (χ3n) is 1.62. The second-order valence-electron chi connectivity index (χ2n) is 2.50. The fourth-order valence-corrected chi connectivity index (χ4v) is 1.01. The van der Waals surface area contributed by atoms with Crippen molar-refractivity contribution in [3.63, 3.8) is 0 Å². The maximum absolute atomic E-state index is 11.3. The van der Waals surface area contributed by atoms with Crippen molar-refractivity contribution in [2.45, 2.75) is 6.92 Å². The van der Waals surface area contributed by atoms with Crippen molar-refractivity contribution in [2.24, 2.45) is 0 Å². The van der Waals surface area contributed by atoms with Crippen LogP contribution >= 0.6 is 0 Å². The molecule has 0 atom stereocenters. The van der Waals surface area contributed by atoms with Crippen molar-refractivity contribution in [1.29, 1.82) is 0 Å². The summed E-state index contributed by atoms with van der Waals surface area (Å²) in [4.78, 5) is 15.3. The van der Waals surface area contributed by atoms with Crippen LogP contribution in [0, 0.1) is 0 Å². The first-order valence-corrected chi connectivity index (χ1v) is 4.24. The molecule has 0 aliphatic rings. The molecule has 0 saturated carbocycles. The van der Waals surface area contributed by atoms with E-state index in [2.05, 4.69) is 18.1 Å². The van der Waals surface area contributed by atoms with Gasteiger partial charge in [-0.1, -0.05) is 13.2 Å². The third kappa shape index (κ3) is 1.90. The number of nitrogens with zero attached hydrogens (tertiary/aromatic N) is 2. The van der Waals surface area contributed by atoms with Crippen LogP contribution in [0.2, 0.25) is 0 Å². The number of hydrogen-bond donors (Lipinski definition) is 0. The molecule has 0 aliphatic heterocycles. The number of carbonyl (C=O) groups is 1. The van der Waals surface area contributed by atoms with Crippen LogP contribution in [-0.2, 0) is 4.74 Å². The highest BCUT2D eigenvalue weighted by Crippen LogP contribution is 2.06. The van der Waals surface area contributed by atoms with E-state index in [0.717, 1.165) is 0 Å². The molecule has 0 aliphatic carbocycles. The normalized spacial score (nSPS) is 9.50. The minimum Gasteiger partial charge on any atom is -0.461 e. The third-order valence-corrected chi connectivity index (χ3v) is 1.62. The van der Waals surface area contributed by atoms with Gasteiger partial charge in [-0.05, 0) is 13.0 Å². The van der Waals surface area contributed by atoms with Gasteiger partial charge in [0.15, 0.2) is 5.69 Å². The van der Waals surface area contributed by atoms with Gasteiger partial charge >= 0.3 is 5.97 Å². The number of imidazole rings is 1. The van der Waals surface area contributed by atoms with Gasteiger partial charge in [-0.25, -0.2) is 9.78 Å². The molecule has 14 heavy (non-hydrogen) atoms. The molecule has 0 N–H and O–H groups in total.